The summed E-state index contributed by atoms with van der Waals surface area (Å²) in [6.07, 6.45) is 3.58. The van der Waals surface area contributed by atoms with Gasteiger partial charge in [0.2, 0.25) is 0 Å². The van der Waals surface area contributed by atoms with Gasteiger partial charge in [-0.15, -0.1) is 0 Å². The molecule has 6 heteroatoms. The van der Waals surface area contributed by atoms with Gasteiger partial charge in [0, 0.05) is 19.0 Å². The Labute approximate surface area is 135 Å². The van der Waals surface area contributed by atoms with Crippen LogP contribution < -0.4 is 15.4 Å². The summed E-state index contributed by atoms with van der Waals surface area (Å²) < 4.78 is 10.7. The number of oxazole rings is 1. The van der Waals surface area contributed by atoms with E-state index in [1.807, 2.05) is 24.3 Å². The average molecular weight is 315 g/mol. The van der Waals surface area contributed by atoms with Crippen LogP contribution in [0.1, 0.15) is 40.7 Å². The summed E-state index contributed by atoms with van der Waals surface area (Å²) in [6.45, 7) is 2.31. The van der Waals surface area contributed by atoms with E-state index >= 15 is 0 Å². The Morgan fingerprint density at radius 1 is 1.52 bits per heavy atom. The number of aromatic nitrogens is 1. The highest BCUT2D eigenvalue weighted by atomic mass is 16.5. The first-order valence-corrected chi connectivity index (χ1v) is 7.83. The van der Waals surface area contributed by atoms with Gasteiger partial charge in [0.1, 0.15) is 12.0 Å². The molecule has 0 saturated carbocycles. The summed E-state index contributed by atoms with van der Waals surface area (Å²) >= 11 is 0. The minimum absolute atomic E-state index is 0.230. The zero-order valence-corrected chi connectivity index (χ0v) is 13.2. The molecule has 3 rings (SSSR count). The van der Waals surface area contributed by atoms with Crippen LogP contribution in [-0.4, -0.2) is 31.1 Å². The SMILES string of the molecule is COc1cccc(CNC(=O)c2coc(C3CCCNC3)n2)c1. The Morgan fingerprint density at radius 3 is 3.22 bits per heavy atom. The monoisotopic (exact) mass is 315 g/mol. The van der Waals surface area contributed by atoms with Crippen LogP contribution in [-0.2, 0) is 6.54 Å². The van der Waals surface area contributed by atoms with Crippen LogP contribution >= 0.6 is 0 Å². The van der Waals surface area contributed by atoms with Crippen molar-refractivity contribution in [1.82, 2.24) is 15.6 Å². The molecule has 1 unspecified atom stereocenters. The third kappa shape index (κ3) is 3.90. The van der Waals surface area contributed by atoms with Gasteiger partial charge in [-0.1, -0.05) is 12.1 Å². The molecule has 2 heterocycles. The van der Waals surface area contributed by atoms with E-state index in [0.29, 0.717) is 18.1 Å². The second-order valence-corrected chi connectivity index (χ2v) is 5.65. The molecule has 1 amide bonds. The lowest BCUT2D eigenvalue weighted by Gasteiger charge is -2.19. The number of methoxy groups -OCH3 is 1. The second kappa shape index (κ2) is 7.28. The smallest absolute Gasteiger partial charge is 0.273 e. The predicted octanol–water partition coefficient (Wildman–Crippen LogP) is 2.08. The van der Waals surface area contributed by atoms with Crippen LogP contribution in [0.3, 0.4) is 0 Å². The molecule has 1 fully saturated rings. The highest BCUT2D eigenvalue weighted by molar-refractivity contribution is 5.91. The average Bonchev–Trinajstić information content (AvgIpc) is 3.11. The first-order chi connectivity index (χ1) is 11.3. The summed E-state index contributed by atoms with van der Waals surface area (Å²) in [5.74, 6) is 1.43. The summed E-state index contributed by atoms with van der Waals surface area (Å²) in [6, 6.07) is 7.59. The van der Waals surface area contributed by atoms with Crippen molar-refractivity contribution in [3.05, 3.63) is 47.7 Å². The Balaban J connectivity index is 1.58. The van der Waals surface area contributed by atoms with E-state index < -0.39 is 0 Å². The molecular formula is C17H21N3O3. The number of carbonyl (C=O) groups is 1. The third-order valence-electron chi connectivity index (χ3n) is 3.99. The van der Waals surface area contributed by atoms with Crippen molar-refractivity contribution in [2.24, 2.45) is 0 Å². The number of carbonyl (C=O) groups excluding carboxylic acids is 1. The number of hydrogen-bond acceptors (Lipinski definition) is 5. The van der Waals surface area contributed by atoms with Crippen LogP contribution in [0.15, 0.2) is 34.9 Å². The second-order valence-electron chi connectivity index (χ2n) is 5.65. The van der Waals surface area contributed by atoms with Crippen molar-refractivity contribution < 1.29 is 13.9 Å². The van der Waals surface area contributed by atoms with Crippen LogP contribution in [0, 0.1) is 0 Å². The number of rotatable bonds is 5. The van der Waals surface area contributed by atoms with Gasteiger partial charge in [-0.05, 0) is 37.1 Å². The quantitative estimate of drug-likeness (QED) is 0.883. The van der Waals surface area contributed by atoms with Gasteiger partial charge in [-0.25, -0.2) is 4.98 Å². The van der Waals surface area contributed by atoms with E-state index in [0.717, 1.165) is 37.2 Å². The van der Waals surface area contributed by atoms with Crippen molar-refractivity contribution in [1.29, 1.82) is 0 Å². The maximum Gasteiger partial charge on any atom is 0.273 e. The fourth-order valence-electron chi connectivity index (χ4n) is 2.70. The molecule has 1 aromatic carbocycles. The molecule has 2 N–H and O–H groups in total. The molecule has 1 saturated heterocycles. The lowest BCUT2D eigenvalue weighted by atomic mass is 10.00. The Hall–Kier alpha value is -2.34. The van der Waals surface area contributed by atoms with Crippen molar-refractivity contribution in [3.63, 3.8) is 0 Å². The summed E-state index contributed by atoms with van der Waals surface area (Å²) in [7, 11) is 1.62. The van der Waals surface area contributed by atoms with Gasteiger partial charge in [-0.3, -0.25) is 4.79 Å². The van der Waals surface area contributed by atoms with Crippen molar-refractivity contribution in [3.8, 4) is 5.75 Å². The molecule has 0 aliphatic carbocycles. The van der Waals surface area contributed by atoms with Crippen LogP contribution in [0.5, 0.6) is 5.75 Å². The zero-order chi connectivity index (χ0) is 16.1. The summed E-state index contributed by atoms with van der Waals surface area (Å²) in [5.41, 5.74) is 1.30. The number of nitrogens with one attached hydrogen (secondary N) is 2. The third-order valence-corrected chi connectivity index (χ3v) is 3.99. The Morgan fingerprint density at radius 2 is 2.43 bits per heavy atom. The topological polar surface area (TPSA) is 76.4 Å². The zero-order valence-electron chi connectivity index (χ0n) is 13.2. The molecule has 23 heavy (non-hydrogen) atoms. The molecule has 0 bridgehead atoms. The highest BCUT2D eigenvalue weighted by Gasteiger charge is 2.21. The lowest BCUT2D eigenvalue weighted by molar-refractivity contribution is 0.0946. The molecule has 1 aliphatic rings. The first-order valence-electron chi connectivity index (χ1n) is 7.83. The maximum absolute atomic E-state index is 12.2. The fourth-order valence-corrected chi connectivity index (χ4v) is 2.70. The molecule has 1 atom stereocenters. The molecule has 0 spiro atoms. The van der Waals surface area contributed by atoms with E-state index in [2.05, 4.69) is 15.6 Å². The normalized spacial score (nSPS) is 17.7. The highest BCUT2D eigenvalue weighted by Crippen LogP contribution is 2.22. The number of nitrogens with zero attached hydrogens (tertiary/aromatic N) is 1. The van der Waals surface area contributed by atoms with E-state index in [1.165, 1.54) is 6.26 Å². The van der Waals surface area contributed by atoms with Gasteiger partial charge in [-0.2, -0.15) is 0 Å². The molecular weight excluding hydrogens is 294 g/mol. The van der Waals surface area contributed by atoms with E-state index in [1.54, 1.807) is 7.11 Å². The fraction of sp³-hybridized carbons (Fsp3) is 0.412. The van der Waals surface area contributed by atoms with E-state index in [-0.39, 0.29) is 11.8 Å². The van der Waals surface area contributed by atoms with Crippen molar-refractivity contribution >= 4 is 5.91 Å². The number of hydrogen-bond donors (Lipinski definition) is 2. The van der Waals surface area contributed by atoms with Crippen LogP contribution in [0.2, 0.25) is 0 Å². The van der Waals surface area contributed by atoms with Gasteiger partial charge < -0.3 is 19.8 Å². The minimum atomic E-state index is -0.230. The number of amides is 1. The minimum Gasteiger partial charge on any atom is -0.497 e. The largest absolute Gasteiger partial charge is 0.497 e. The number of benzene rings is 1. The van der Waals surface area contributed by atoms with Gasteiger partial charge in [0.25, 0.3) is 5.91 Å². The summed E-state index contributed by atoms with van der Waals surface area (Å²) in [4.78, 5) is 16.5. The molecule has 2 aromatic rings. The van der Waals surface area contributed by atoms with Gasteiger partial charge >= 0.3 is 0 Å². The summed E-state index contributed by atoms with van der Waals surface area (Å²) in [5, 5.41) is 6.17. The van der Waals surface area contributed by atoms with Gasteiger partial charge in [0.15, 0.2) is 11.6 Å². The Bertz CT molecular complexity index is 663. The van der Waals surface area contributed by atoms with E-state index in [9.17, 15) is 4.79 Å². The predicted molar refractivity (Wildman–Crippen MR) is 85.5 cm³/mol. The number of ether oxygens (including phenoxy) is 1. The Kier molecular flexibility index (Phi) is 4.92. The number of piperidine rings is 1. The van der Waals surface area contributed by atoms with Crippen molar-refractivity contribution in [2.45, 2.75) is 25.3 Å². The molecule has 1 aliphatic heterocycles. The van der Waals surface area contributed by atoms with Crippen LogP contribution in [0.25, 0.3) is 0 Å². The maximum atomic E-state index is 12.2. The molecule has 122 valence electrons. The molecule has 0 radical (unpaired) electrons. The molecule has 6 nitrogen and oxygen atoms in total. The van der Waals surface area contributed by atoms with Crippen molar-refractivity contribution in [2.75, 3.05) is 20.2 Å². The first kappa shape index (κ1) is 15.6. The van der Waals surface area contributed by atoms with E-state index in [4.69, 9.17) is 9.15 Å². The standard InChI is InChI=1S/C17H21N3O3/c1-22-14-6-2-4-12(8-14)9-19-16(21)15-11-23-17(20-15)13-5-3-7-18-10-13/h2,4,6,8,11,13,18H,3,5,7,9-10H2,1H3,(H,19,21). The lowest BCUT2D eigenvalue weighted by Crippen LogP contribution is -2.28. The van der Waals surface area contributed by atoms with Crippen LogP contribution in [0.4, 0.5) is 0 Å². The molecule has 1 aromatic heterocycles. The van der Waals surface area contributed by atoms with Gasteiger partial charge in [0.05, 0.1) is 7.11 Å².